The zero-order valence-corrected chi connectivity index (χ0v) is 8.42. The van der Waals surface area contributed by atoms with Crippen molar-refractivity contribution in [1.82, 2.24) is 10.2 Å². The highest BCUT2D eigenvalue weighted by atomic mass is 16.2. The lowest BCUT2D eigenvalue weighted by atomic mass is 9.97. The third kappa shape index (κ3) is 1.46. The van der Waals surface area contributed by atoms with Crippen molar-refractivity contribution in [3.8, 4) is 0 Å². The van der Waals surface area contributed by atoms with Gasteiger partial charge in [0.25, 0.3) is 0 Å². The van der Waals surface area contributed by atoms with E-state index in [9.17, 15) is 4.79 Å². The van der Waals surface area contributed by atoms with Crippen LogP contribution in [0.2, 0.25) is 0 Å². The number of carbonyl (C=O) groups excluding carboxylic acids is 1. The summed E-state index contributed by atoms with van der Waals surface area (Å²) in [5.74, 6) is 1.75. The summed E-state index contributed by atoms with van der Waals surface area (Å²) in [5.41, 5.74) is 0. The van der Waals surface area contributed by atoms with Crippen LogP contribution in [0, 0.1) is 11.8 Å². The Morgan fingerprint density at radius 1 is 1.38 bits per heavy atom. The minimum atomic E-state index is 0.206. The summed E-state index contributed by atoms with van der Waals surface area (Å²) in [6, 6.07) is 0.498. The Morgan fingerprint density at radius 2 is 2.15 bits per heavy atom. The highest BCUT2D eigenvalue weighted by Crippen LogP contribution is 2.36. The van der Waals surface area contributed by atoms with Gasteiger partial charge in [-0.1, -0.05) is 0 Å². The van der Waals surface area contributed by atoms with Crippen molar-refractivity contribution >= 4 is 5.91 Å². The number of rotatable bonds is 1. The molecule has 0 radical (unpaired) electrons. The molecule has 2 rings (SSSR count). The van der Waals surface area contributed by atoms with Crippen molar-refractivity contribution in [2.24, 2.45) is 11.8 Å². The molecule has 3 atom stereocenters. The maximum absolute atomic E-state index is 11.2. The minimum Gasteiger partial charge on any atom is -0.343 e. The van der Waals surface area contributed by atoms with Crippen LogP contribution in [0.25, 0.3) is 0 Å². The molecule has 1 amide bonds. The zero-order chi connectivity index (χ0) is 9.42. The molecular weight excluding hydrogens is 164 g/mol. The van der Waals surface area contributed by atoms with Crippen molar-refractivity contribution in [2.75, 3.05) is 20.1 Å². The van der Waals surface area contributed by atoms with Crippen molar-refractivity contribution in [3.05, 3.63) is 0 Å². The average molecular weight is 182 g/mol. The molecule has 2 fully saturated rings. The molecule has 3 unspecified atom stereocenters. The Balaban J connectivity index is 2.04. The number of carbonyl (C=O) groups is 1. The lowest BCUT2D eigenvalue weighted by Crippen LogP contribution is -2.39. The molecule has 0 bridgehead atoms. The summed E-state index contributed by atoms with van der Waals surface area (Å²) in [5, 5.41) is 3.41. The summed E-state index contributed by atoms with van der Waals surface area (Å²) < 4.78 is 0. The van der Waals surface area contributed by atoms with Crippen LogP contribution in [0.1, 0.15) is 19.8 Å². The first-order valence-electron chi connectivity index (χ1n) is 5.14. The summed E-state index contributed by atoms with van der Waals surface area (Å²) in [6.07, 6.45) is 2.49. The number of nitrogens with one attached hydrogen (secondary N) is 1. The average Bonchev–Trinajstić information content (AvgIpc) is 2.61. The summed E-state index contributed by atoms with van der Waals surface area (Å²) >= 11 is 0. The third-order valence-corrected chi connectivity index (χ3v) is 3.71. The van der Waals surface area contributed by atoms with Crippen LogP contribution >= 0.6 is 0 Å². The van der Waals surface area contributed by atoms with Crippen LogP contribution in [-0.4, -0.2) is 37.0 Å². The molecule has 1 aliphatic carbocycles. The first-order chi connectivity index (χ1) is 6.20. The molecule has 0 aromatic heterocycles. The van der Waals surface area contributed by atoms with Crippen LogP contribution in [-0.2, 0) is 4.79 Å². The van der Waals surface area contributed by atoms with Gasteiger partial charge in [0.1, 0.15) is 0 Å². The van der Waals surface area contributed by atoms with Gasteiger partial charge in [-0.25, -0.2) is 0 Å². The second kappa shape index (κ2) is 3.29. The first-order valence-corrected chi connectivity index (χ1v) is 5.14. The van der Waals surface area contributed by atoms with Crippen molar-refractivity contribution in [2.45, 2.75) is 25.8 Å². The maximum atomic E-state index is 11.2. The van der Waals surface area contributed by atoms with E-state index in [1.54, 1.807) is 6.92 Å². The SMILES string of the molecule is CC(=O)N(C)C1CCC2CNCC21. The molecule has 1 heterocycles. The molecule has 3 heteroatoms. The molecule has 0 spiro atoms. The van der Waals surface area contributed by atoms with E-state index in [2.05, 4.69) is 5.32 Å². The predicted octanol–water partition coefficient (Wildman–Crippen LogP) is 0.463. The molecule has 3 nitrogen and oxygen atoms in total. The Morgan fingerprint density at radius 3 is 2.85 bits per heavy atom. The second-order valence-corrected chi connectivity index (χ2v) is 4.36. The Labute approximate surface area is 79.5 Å². The van der Waals surface area contributed by atoms with Crippen LogP contribution in [0.4, 0.5) is 0 Å². The molecular formula is C10H18N2O. The smallest absolute Gasteiger partial charge is 0.219 e. The van der Waals surface area contributed by atoms with Gasteiger partial charge in [-0.3, -0.25) is 4.79 Å². The second-order valence-electron chi connectivity index (χ2n) is 4.36. The Hall–Kier alpha value is -0.570. The topological polar surface area (TPSA) is 32.3 Å². The van der Waals surface area contributed by atoms with Crippen molar-refractivity contribution < 1.29 is 4.79 Å². The zero-order valence-electron chi connectivity index (χ0n) is 8.42. The lowest BCUT2D eigenvalue weighted by Gasteiger charge is -2.28. The Kier molecular flexibility index (Phi) is 2.28. The van der Waals surface area contributed by atoms with Gasteiger partial charge >= 0.3 is 0 Å². The predicted molar refractivity (Wildman–Crippen MR) is 51.3 cm³/mol. The lowest BCUT2D eigenvalue weighted by molar-refractivity contribution is -0.130. The normalized spacial score (nSPS) is 37.5. The van der Waals surface area contributed by atoms with E-state index in [0.29, 0.717) is 12.0 Å². The number of hydrogen-bond donors (Lipinski definition) is 1. The van der Waals surface area contributed by atoms with Gasteiger partial charge in [-0.15, -0.1) is 0 Å². The van der Waals surface area contributed by atoms with Gasteiger partial charge in [0.15, 0.2) is 0 Å². The van der Waals surface area contributed by atoms with Gasteiger partial charge in [-0.05, 0) is 31.2 Å². The van der Waals surface area contributed by atoms with E-state index in [0.717, 1.165) is 19.0 Å². The molecule has 1 aliphatic heterocycles. The molecule has 0 aromatic rings. The largest absolute Gasteiger partial charge is 0.343 e. The summed E-state index contributed by atoms with van der Waals surface area (Å²) in [6.45, 7) is 3.93. The summed E-state index contributed by atoms with van der Waals surface area (Å²) in [4.78, 5) is 13.2. The van der Waals surface area contributed by atoms with Crippen LogP contribution < -0.4 is 5.32 Å². The molecule has 13 heavy (non-hydrogen) atoms. The fourth-order valence-electron chi connectivity index (χ4n) is 2.83. The molecule has 2 aliphatic rings. The van der Waals surface area contributed by atoms with Gasteiger partial charge in [-0.2, -0.15) is 0 Å². The van der Waals surface area contributed by atoms with E-state index in [4.69, 9.17) is 0 Å². The van der Waals surface area contributed by atoms with Gasteiger partial charge in [0, 0.05) is 26.6 Å². The molecule has 74 valence electrons. The fourth-order valence-corrected chi connectivity index (χ4v) is 2.83. The van der Waals surface area contributed by atoms with E-state index >= 15 is 0 Å². The monoisotopic (exact) mass is 182 g/mol. The minimum absolute atomic E-state index is 0.206. The highest BCUT2D eigenvalue weighted by Gasteiger charge is 2.41. The number of amides is 1. The number of hydrogen-bond acceptors (Lipinski definition) is 2. The van der Waals surface area contributed by atoms with Crippen LogP contribution in [0.5, 0.6) is 0 Å². The molecule has 1 saturated carbocycles. The van der Waals surface area contributed by atoms with Crippen molar-refractivity contribution in [3.63, 3.8) is 0 Å². The highest BCUT2D eigenvalue weighted by molar-refractivity contribution is 5.73. The van der Waals surface area contributed by atoms with Gasteiger partial charge in [0.05, 0.1) is 0 Å². The maximum Gasteiger partial charge on any atom is 0.219 e. The van der Waals surface area contributed by atoms with E-state index in [1.807, 2.05) is 11.9 Å². The van der Waals surface area contributed by atoms with Crippen LogP contribution in [0.15, 0.2) is 0 Å². The number of nitrogens with zero attached hydrogens (tertiary/aromatic N) is 1. The number of fused-ring (bicyclic) bond motifs is 1. The Bertz CT molecular complexity index is 217. The van der Waals surface area contributed by atoms with Crippen LogP contribution in [0.3, 0.4) is 0 Å². The molecule has 0 aromatic carbocycles. The van der Waals surface area contributed by atoms with E-state index in [1.165, 1.54) is 12.8 Å². The fraction of sp³-hybridized carbons (Fsp3) is 0.900. The van der Waals surface area contributed by atoms with E-state index < -0.39 is 0 Å². The molecule has 1 N–H and O–H groups in total. The third-order valence-electron chi connectivity index (χ3n) is 3.71. The quantitative estimate of drug-likeness (QED) is 0.639. The van der Waals surface area contributed by atoms with Gasteiger partial charge in [0.2, 0.25) is 5.91 Å². The van der Waals surface area contributed by atoms with Gasteiger partial charge < -0.3 is 10.2 Å². The van der Waals surface area contributed by atoms with Crippen molar-refractivity contribution in [1.29, 1.82) is 0 Å². The first kappa shape index (κ1) is 9.00. The standard InChI is InChI=1S/C10H18N2O/c1-7(13)12(2)10-4-3-8-5-11-6-9(8)10/h8-11H,3-6H2,1-2H3. The van der Waals surface area contributed by atoms with E-state index in [-0.39, 0.29) is 5.91 Å². The molecule has 1 saturated heterocycles. The summed E-state index contributed by atoms with van der Waals surface area (Å²) in [7, 11) is 1.94.